The summed E-state index contributed by atoms with van der Waals surface area (Å²) in [7, 11) is 0. The number of aliphatic carboxylic acids is 2. The quantitative estimate of drug-likeness (QED) is 0.177. The van der Waals surface area contributed by atoms with E-state index in [1.807, 2.05) is 5.32 Å². The minimum absolute atomic E-state index is 0.00295. The lowest BCUT2D eigenvalue weighted by Gasteiger charge is -2.18. The Morgan fingerprint density at radius 3 is 2.32 bits per heavy atom. The van der Waals surface area contributed by atoms with Crippen molar-refractivity contribution in [3.05, 3.63) is 9.39 Å². The van der Waals surface area contributed by atoms with E-state index in [1.54, 1.807) is 0 Å². The molecule has 0 fully saturated rings. The van der Waals surface area contributed by atoms with Crippen molar-refractivity contribution in [2.75, 3.05) is 12.3 Å². The van der Waals surface area contributed by atoms with Crippen LogP contribution >= 0.6 is 27.7 Å². The van der Waals surface area contributed by atoms with E-state index in [2.05, 4.69) is 26.6 Å². The molecule has 0 spiro atoms. The number of carboxylic acid groups (broad SMARTS) is 2. The lowest BCUT2D eigenvalue weighted by atomic mass is 10.1. The number of thioether (sulfide) groups is 1. The molecule has 28 heavy (non-hydrogen) atoms. The minimum atomic E-state index is -1.30. The highest BCUT2D eigenvalue weighted by Crippen LogP contribution is 2.28. The SMILES string of the molecule is N[C@@H](CCC(=O)N[C@@H](CSC1=C(Br)C(=O)NC1=O)C(=O)NCC(=O)O)C(=O)O. The third-order valence-electron chi connectivity index (χ3n) is 3.29. The Morgan fingerprint density at radius 1 is 1.18 bits per heavy atom. The molecule has 0 saturated carbocycles. The van der Waals surface area contributed by atoms with Crippen LogP contribution in [0.4, 0.5) is 0 Å². The summed E-state index contributed by atoms with van der Waals surface area (Å²) in [6, 6.07) is -2.50. The van der Waals surface area contributed by atoms with Crippen molar-refractivity contribution < 1.29 is 39.0 Å². The van der Waals surface area contributed by atoms with Crippen LogP contribution in [0.5, 0.6) is 0 Å². The van der Waals surface area contributed by atoms with Gasteiger partial charge in [-0.1, -0.05) is 0 Å². The molecule has 7 N–H and O–H groups in total. The van der Waals surface area contributed by atoms with Gasteiger partial charge < -0.3 is 26.6 Å². The van der Waals surface area contributed by atoms with Crippen molar-refractivity contribution in [3.8, 4) is 0 Å². The van der Waals surface area contributed by atoms with E-state index >= 15 is 0 Å². The van der Waals surface area contributed by atoms with Crippen molar-refractivity contribution in [2.45, 2.75) is 24.9 Å². The molecular weight excluding hydrogens is 464 g/mol. The molecule has 0 saturated heterocycles. The third kappa shape index (κ3) is 7.28. The molecular formula is C14H17BrN4O8S. The Morgan fingerprint density at radius 2 is 1.82 bits per heavy atom. The summed E-state index contributed by atoms with van der Waals surface area (Å²) in [5.74, 6) is -5.61. The highest BCUT2D eigenvalue weighted by molar-refractivity contribution is 9.12. The summed E-state index contributed by atoms with van der Waals surface area (Å²) in [6.07, 6.45) is -0.461. The Hall–Kier alpha value is -2.45. The summed E-state index contributed by atoms with van der Waals surface area (Å²) in [5, 5.41) is 23.8. The average molecular weight is 481 g/mol. The molecule has 0 aromatic heterocycles. The molecule has 2 atom stereocenters. The molecule has 1 aliphatic heterocycles. The second-order valence-corrected chi connectivity index (χ2v) is 7.28. The van der Waals surface area contributed by atoms with Gasteiger partial charge in [-0.2, -0.15) is 0 Å². The molecule has 1 heterocycles. The zero-order valence-electron chi connectivity index (χ0n) is 14.2. The molecule has 0 radical (unpaired) electrons. The molecule has 4 amide bonds. The van der Waals surface area contributed by atoms with E-state index in [1.165, 1.54) is 0 Å². The van der Waals surface area contributed by atoms with Crippen LogP contribution < -0.4 is 21.7 Å². The van der Waals surface area contributed by atoms with Crippen LogP contribution in [0.25, 0.3) is 0 Å². The van der Waals surface area contributed by atoms with Crippen molar-refractivity contribution >= 4 is 63.3 Å². The van der Waals surface area contributed by atoms with Gasteiger partial charge in [0.15, 0.2) is 0 Å². The highest BCUT2D eigenvalue weighted by atomic mass is 79.9. The van der Waals surface area contributed by atoms with E-state index in [4.69, 9.17) is 15.9 Å². The van der Waals surface area contributed by atoms with Crippen molar-refractivity contribution in [3.63, 3.8) is 0 Å². The number of carboxylic acids is 2. The summed E-state index contributed by atoms with van der Waals surface area (Å²) < 4.78 is -0.0223. The second-order valence-electron chi connectivity index (χ2n) is 5.45. The van der Waals surface area contributed by atoms with E-state index in [0.717, 1.165) is 11.8 Å². The maximum absolute atomic E-state index is 12.1. The third-order valence-corrected chi connectivity index (χ3v) is 5.49. The van der Waals surface area contributed by atoms with Gasteiger partial charge in [0, 0.05) is 12.2 Å². The second kappa shape index (κ2) is 10.8. The topological polar surface area (TPSA) is 205 Å². The zero-order valence-corrected chi connectivity index (χ0v) is 16.6. The van der Waals surface area contributed by atoms with Crippen molar-refractivity contribution in [1.29, 1.82) is 0 Å². The molecule has 0 aromatic carbocycles. The highest BCUT2D eigenvalue weighted by Gasteiger charge is 2.31. The van der Waals surface area contributed by atoms with Crippen LogP contribution in [-0.4, -0.2) is 70.2 Å². The summed E-state index contributed by atoms with van der Waals surface area (Å²) >= 11 is 3.75. The fourth-order valence-electron chi connectivity index (χ4n) is 1.86. The standard InChI is InChI=1S/C14H17BrN4O8S/c15-9-10(13(25)19-12(9)24)28-4-6(11(23)17-3-8(21)22)18-7(20)2-1-5(16)14(26)27/h5-6H,1-4,16H2,(H,17,23)(H,18,20)(H,21,22)(H,26,27)(H,19,24,25)/t5-,6-/m0/s1. The van der Waals surface area contributed by atoms with Crippen molar-refractivity contribution in [2.24, 2.45) is 5.73 Å². The number of imide groups is 1. The average Bonchev–Trinajstić information content (AvgIpc) is 2.86. The Bertz CT molecular complexity index is 741. The molecule has 0 aliphatic carbocycles. The molecule has 12 nitrogen and oxygen atoms in total. The number of carbonyl (C=O) groups excluding carboxylic acids is 4. The molecule has 1 rings (SSSR count). The maximum atomic E-state index is 12.1. The fourth-order valence-corrected chi connectivity index (χ4v) is 3.45. The van der Waals surface area contributed by atoms with E-state index in [-0.39, 0.29) is 28.0 Å². The summed E-state index contributed by atoms with van der Waals surface area (Å²) in [4.78, 5) is 68.5. The van der Waals surface area contributed by atoms with Crippen LogP contribution in [0, 0.1) is 0 Å². The minimum Gasteiger partial charge on any atom is -0.480 e. The zero-order chi connectivity index (χ0) is 21.4. The first kappa shape index (κ1) is 23.6. The maximum Gasteiger partial charge on any atom is 0.322 e. The predicted octanol–water partition coefficient (Wildman–Crippen LogP) is -2.14. The Labute approximate surface area is 170 Å². The van der Waals surface area contributed by atoms with E-state index in [0.29, 0.717) is 0 Å². The monoisotopic (exact) mass is 480 g/mol. The van der Waals surface area contributed by atoms with Crippen LogP contribution in [0.15, 0.2) is 9.39 Å². The normalized spacial score (nSPS) is 15.6. The van der Waals surface area contributed by atoms with E-state index in [9.17, 15) is 28.8 Å². The van der Waals surface area contributed by atoms with Crippen LogP contribution in [0.3, 0.4) is 0 Å². The van der Waals surface area contributed by atoms with Crippen molar-refractivity contribution in [1.82, 2.24) is 16.0 Å². The number of hydrogen-bond acceptors (Lipinski definition) is 8. The number of amides is 4. The predicted molar refractivity (Wildman–Crippen MR) is 99.0 cm³/mol. The first-order valence-electron chi connectivity index (χ1n) is 7.68. The summed E-state index contributed by atoms with van der Waals surface area (Å²) in [6.45, 7) is -0.689. The number of nitrogens with two attached hydrogens (primary N) is 1. The van der Waals surface area contributed by atoms with Crippen LogP contribution in [0.2, 0.25) is 0 Å². The first-order valence-corrected chi connectivity index (χ1v) is 9.46. The van der Waals surface area contributed by atoms with E-state index < -0.39 is 54.2 Å². The molecule has 1 aliphatic rings. The number of hydrogen-bond donors (Lipinski definition) is 6. The molecule has 154 valence electrons. The number of carbonyl (C=O) groups is 6. The van der Waals surface area contributed by atoms with Gasteiger partial charge in [-0.15, -0.1) is 11.8 Å². The van der Waals surface area contributed by atoms with Crippen LogP contribution in [-0.2, 0) is 28.8 Å². The fraction of sp³-hybridized carbons (Fsp3) is 0.429. The van der Waals surface area contributed by atoms with Gasteiger partial charge in [0.1, 0.15) is 23.1 Å². The number of rotatable bonds is 11. The Balaban J connectivity index is 2.76. The van der Waals surface area contributed by atoms with Gasteiger partial charge in [-0.25, -0.2) is 0 Å². The Kier molecular flexibility index (Phi) is 9.08. The van der Waals surface area contributed by atoms with Crippen LogP contribution in [0.1, 0.15) is 12.8 Å². The van der Waals surface area contributed by atoms with Gasteiger partial charge in [0.25, 0.3) is 11.8 Å². The molecule has 0 aromatic rings. The first-order chi connectivity index (χ1) is 13.0. The van der Waals surface area contributed by atoms with Gasteiger partial charge in [0.05, 0.1) is 4.91 Å². The smallest absolute Gasteiger partial charge is 0.322 e. The van der Waals surface area contributed by atoms with Gasteiger partial charge in [-0.05, 0) is 22.4 Å². The van der Waals surface area contributed by atoms with Gasteiger partial charge in [-0.3, -0.25) is 34.1 Å². The largest absolute Gasteiger partial charge is 0.480 e. The number of nitrogens with one attached hydrogen (secondary N) is 3. The molecule has 14 heteroatoms. The summed E-state index contributed by atoms with van der Waals surface area (Å²) in [5.41, 5.74) is 5.31. The van der Waals surface area contributed by atoms with Gasteiger partial charge in [0.2, 0.25) is 11.8 Å². The lowest BCUT2D eigenvalue weighted by molar-refractivity contribution is -0.139. The van der Waals surface area contributed by atoms with Gasteiger partial charge >= 0.3 is 11.9 Å². The molecule has 0 unspecified atom stereocenters. The molecule has 0 bridgehead atoms. The lowest BCUT2D eigenvalue weighted by Crippen LogP contribution is -2.49. The number of halogens is 1.